The first-order valence-corrected chi connectivity index (χ1v) is 12.8. The maximum atomic E-state index is 13.0. The zero-order chi connectivity index (χ0) is 25.9. The number of rotatable bonds is 7. The van der Waals surface area contributed by atoms with E-state index in [1.54, 1.807) is 12.4 Å². The minimum absolute atomic E-state index is 0.0460. The lowest BCUT2D eigenvalue weighted by atomic mass is 10.0. The molecule has 1 saturated heterocycles. The maximum absolute atomic E-state index is 13.0. The minimum atomic E-state index is -0.166. The Balaban J connectivity index is 1.46. The SMILES string of the molecule is Cc1ccc(C)c(NC(=O)CCN2C(=S)N[C@H](c3ccccn3)[C@H]2c2ccc(C)n2-c2cccnc2)c1. The summed E-state index contributed by atoms with van der Waals surface area (Å²) in [6.07, 6.45) is 5.72. The average molecular weight is 511 g/mol. The lowest BCUT2D eigenvalue weighted by Gasteiger charge is -2.29. The second-order valence-electron chi connectivity index (χ2n) is 9.38. The summed E-state index contributed by atoms with van der Waals surface area (Å²) in [5, 5.41) is 7.16. The largest absolute Gasteiger partial charge is 0.352 e. The van der Waals surface area contributed by atoms with Gasteiger partial charge < -0.3 is 20.1 Å². The van der Waals surface area contributed by atoms with Crippen molar-refractivity contribution in [2.75, 3.05) is 11.9 Å². The number of hydrogen-bond donors (Lipinski definition) is 2. The molecule has 8 heteroatoms. The van der Waals surface area contributed by atoms with Crippen molar-refractivity contribution in [1.29, 1.82) is 0 Å². The lowest BCUT2D eigenvalue weighted by molar-refractivity contribution is -0.116. The molecular weight excluding hydrogens is 480 g/mol. The van der Waals surface area contributed by atoms with Crippen LogP contribution in [0.2, 0.25) is 0 Å². The Hall–Kier alpha value is -4.04. The summed E-state index contributed by atoms with van der Waals surface area (Å²) in [7, 11) is 0. The van der Waals surface area contributed by atoms with E-state index in [-0.39, 0.29) is 18.0 Å². The number of pyridine rings is 2. The number of aromatic nitrogens is 3. The number of nitrogens with one attached hydrogen (secondary N) is 2. The Morgan fingerprint density at radius 1 is 1.05 bits per heavy atom. The van der Waals surface area contributed by atoms with Crippen LogP contribution in [0.4, 0.5) is 5.69 Å². The Kier molecular flexibility index (Phi) is 7.01. The van der Waals surface area contributed by atoms with Crippen molar-refractivity contribution >= 4 is 28.9 Å². The number of hydrogen-bond acceptors (Lipinski definition) is 4. The van der Waals surface area contributed by atoms with Crippen LogP contribution in [-0.2, 0) is 4.79 Å². The van der Waals surface area contributed by atoms with E-state index >= 15 is 0 Å². The van der Waals surface area contributed by atoms with Crippen LogP contribution >= 0.6 is 12.2 Å². The standard InChI is InChI=1S/C29H30N6OS/c1-19-9-10-20(2)24(17-19)32-26(36)13-16-34-28(27(33-29(34)37)23-8-4-5-15-31-23)25-12-11-21(3)35(25)22-7-6-14-30-18-22/h4-12,14-15,17-18,27-28H,13,16H2,1-3H3,(H,32,36)(H,33,37)/t27-,28-/m1/s1. The van der Waals surface area contributed by atoms with Gasteiger partial charge in [-0.3, -0.25) is 14.8 Å². The molecule has 2 N–H and O–H groups in total. The third-order valence-electron chi connectivity index (χ3n) is 6.76. The molecule has 0 spiro atoms. The highest BCUT2D eigenvalue weighted by atomic mass is 32.1. The molecular formula is C29H30N6OS. The van der Waals surface area contributed by atoms with Gasteiger partial charge in [0.05, 0.1) is 29.7 Å². The normalized spacial score (nSPS) is 17.1. The van der Waals surface area contributed by atoms with Crippen LogP contribution in [-0.4, -0.2) is 37.0 Å². The number of aryl methyl sites for hydroxylation is 3. The molecule has 1 aliphatic heterocycles. The second kappa shape index (κ2) is 10.5. The summed E-state index contributed by atoms with van der Waals surface area (Å²) >= 11 is 5.81. The number of nitrogens with zero attached hydrogens (tertiary/aromatic N) is 4. The zero-order valence-corrected chi connectivity index (χ0v) is 22.0. The van der Waals surface area contributed by atoms with Crippen molar-refractivity contribution in [3.8, 4) is 5.69 Å². The van der Waals surface area contributed by atoms with Gasteiger partial charge >= 0.3 is 0 Å². The van der Waals surface area contributed by atoms with Crippen LogP contribution in [0.15, 0.2) is 79.3 Å². The van der Waals surface area contributed by atoms with Gasteiger partial charge in [-0.15, -0.1) is 0 Å². The Bertz CT molecular complexity index is 1420. The molecule has 0 bridgehead atoms. The molecule has 1 aliphatic rings. The number of thiocarbonyl (C=S) groups is 1. The van der Waals surface area contributed by atoms with Gasteiger partial charge in [0.2, 0.25) is 5.91 Å². The third-order valence-corrected chi connectivity index (χ3v) is 7.11. The fraction of sp³-hybridized carbons (Fsp3) is 0.241. The average Bonchev–Trinajstić information content (AvgIpc) is 3.44. The molecule has 3 aromatic heterocycles. The second-order valence-corrected chi connectivity index (χ2v) is 9.77. The van der Waals surface area contributed by atoms with Gasteiger partial charge in [-0.2, -0.15) is 0 Å². The summed E-state index contributed by atoms with van der Waals surface area (Å²) in [6.45, 7) is 6.56. The van der Waals surface area contributed by atoms with Crippen LogP contribution < -0.4 is 10.6 Å². The summed E-state index contributed by atoms with van der Waals surface area (Å²) in [6, 6.07) is 19.8. The summed E-state index contributed by atoms with van der Waals surface area (Å²) in [5.41, 5.74) is 7.01. The molecule has 1 fully saturated rings. The molecule has 4 aromatic rings. The minimum Gasteiger partial charge on any atom is -0.352 e. The highest BCUT2D eigenvalue weighted by Gasteiger charge is 2.41. The van der Waals surface area contributed by atoms with Gasteiger partial charge in [-0.05, 0) is 86.6 Å². The number of benzene rings is 1. The predicted molar refractivity (Wildman–Crippen MR) is 150 cm³/mol. The number of carbonyl (C=O) groups is 1. The number of carbonyl (C=O) groups excluding carboxylic acids is 1. The lowest BCUT2D eigenvalue weighted by Crippen LogP contribution is -2.33. The number of amides is 1. The quantitative estimate of drug-likeness (QED) is 0.333. The van der Waals surface area contributed by atoms with E-state index in [9.17, 15) is 4.79 Å². The van der Waals surface area contributed by atoms with E-state index < -0.39 is 0 Å². The summed E-state index contributed by atoms with van der Waals surface area (Å²) in [4.78, 5) is 24.1. The van der Waals surface area contributed by atoms with E-state index in [0.717, 1.165) is 39.6 Å². The predicted octanol–water partition coefficient (Wildman–Crippen LogP) is 5.19. The smallest absolute Gasteiger partial charge is 0.226 e. The first kappa shape index (κ1) is 24.6. The van der Waals surface area contributed by atoms with E-state index in [1.165, 1.54) is 0 Å². The Morgan fingerprint density at radius 3 is 2.68 bits per heavy atom. The van der Waals surface area contributed by atoms with Crippen molar-refractivity contribution < 1.29 is 4.79 Å². The third kappa shape index (κ3) is 5.11. The summed E-state index contributed by atoms with van der Waals surface area (Å²) in [5.74, 6) is -0.0460. The molecule has 5 rings (SSSR count). The molecule has 4 heterocycles. The molecule has 37 heavy (non-hydrogen) atoms. The van der Waals surface area contributed by atoms with Gasteiger partial charge in [0.15, 0.2) is 5.11 Å². The Labute approximate surface area is 222 Å². The van der Waals surface area contributed by atoms with Crippen molar-refractivity contribution in [3.63, 3.8) is 0 Å². The first-order valence-electron chi connectivity index (χ1n) is 12.4. The molecule has 2 atom stereocenters. The van der Waals surface area contributed by atoms with Crippen LogP contribution in [0.3, 0.4) is 0 Å². The Morgan fingerprint density at radius 2 is 1.92 bits per heavy atom. The van der Waals surface area contributed by atoms with E-state index in [0.29, 0.717) is 18.1 Å². The van der Waals surface area contributed by atoms with E-state index in [4.69, 9.17) is 12.2 Å². The van der Waals surface area contributed by atoms with Crippen molar-refractivity contribution in [2.24, 2.45) is 0 Å². The molecule has 0 unspecified atom stereocenters. The van der Waals surface area contributed by atoms with Crippen molar-refractivity contribution in [1.82, 2.24) is 24.8 Å². The number of anilines is 1. The molecule has 0 aliphatic carbocycles. The van der Waals surface area contributed by atoms with Gasteiger partial charge in [0.1, 0.15) is 0 Å². The highest BCUT2D eigenvalue weighted by molar-refractivity contribution is 7.80. The molecule has 188 valence electrons. The fourth-order valence-corrected chi connectivity index (χ4v) is 5.23. The van der Waals surface area contributed by atoms with Crippen LogP contribution in [0.25, 0.3) is 5.69 Å². The fourth-order valence-electron chi connectivity index (χ4n) is 4.90. The van der Waals surface area contributed by atoms with E-state index in [2.05, 4.69) is 49.1 Å². The first-order chi connectivity index (χ1) is 17.9. The van der Waals surface area contributed by atoms with Crippen molar-refractivity contribution in [3.05, 3.63) is 107 Å². The van der Waals surface area contributed by atoms with Gasteiger partial charge in [-0.25, -0.2) is 0 Å². The molecule has 0 saturated carbocycles. The van der Waals surface area contributed by atoms with Crippen molar-refractivity contribution in [2.45, 2.75) is 39.3 Å². The summed E-state index contributed by atoms with van der Waals surface area (Å²) < 4.78 is 2.20. The zero-order valence-electron chi connectivity index (χ0n) is 21.2. The van der Waals surface area contributed by atoms with Gasteiger partial charge in [0.25, 0.3) is 0 Å². The van der Waals surface area contributed by atoms with E-state index in [1.807, 2.05) is 68.6 Å². The van der Waals surface area contributed by atoms with Crippen LogP contribution in [0, 0.1) is 20.8 Å². The van der Waals surface area contributed by atoms with Crippen LogP contribution in [0.5, 0.6) is 0 Å². The van der Waals surface area contributed by atoms with Gasteiger partial charge in [-0.1, -0.05) is 18.2 Å². The molecule has 1 aromatic carbocycles. The molecule has 0 radical (unpaired) electrons. The molecule has 7 nitrogen and oxygen atoms in total. The topological polar surface area (TPSA) is 75.1 Å². The highest BCUT2D eigenvalue weighted by Crippen LogP contribution is 2.40. The van der Waals surface area contributed by atoms with Crippen LogP contribution in [0.1, 0.15) is 46.7 Å². The van der Waals surface area contributed by atoms with Gasteiger partial charge in [0, 0.05) is 42.4 Å². The maximum Gasteiger partial charge on any atom is 0.226 e. The monoisotopic (exact) mass is 510 g/mol. The molecule has 1 amide bonds.